The maximum Gasteiger partial charge on any atom is 0.410 e. The third-order valence-electron chi connectivity index (χ3n) is 4.14. The average molecular weight is 380 g/mol. The van der Waals surface area contributed by atoms with Crippen LogP contribution in [0.15, 0.2) is 11.3 Å². The summed E-state index contributed by atoms with van der Waals surface area (Å²) < 4.78 is 7.54. The van der Waals surface area contributed by atoms with Crippen molar-refractivity contribution in [2.75, 3.05) is 26.7 Å². The molecule has 152 valence electrons. The Kier molecular flexibility index (Phi) is 7.44. The van der Waals surface area contributed by atoms with Gasteiger partial charge in [0.1, 0.15) is 17.8 Å². The normalized spacial score (nSPS) is 14.8. The molecule has 9 nitrogen and oxygen atoms in total. The molecule has 0 bridgehead atoms. The predicted octanol–water partition coefficient (Wildman–Crippen LogP) is 1.41. The second-order valence-electron chi connectivity index (χ2n) is 7.62. The van der Waals surface area contributed by atoms with E-state index >= 15 is 0 Å². The summed E-state index contributed by atoms with van der Waals surface area (Å²) in [5.41, 5.74) is -0.477. The maximum atomic E-state index is 12.4. The number of aliphatic imine (C=N–C) groups is 1. The summed E-state index contributed by atoms with van der Waals surface area (Å²) in [6, 6.07) is 0.304. The van der Waals surface area contributed by atoms with Gasteiger partial charge in [-0.1, -0.05) is 6.92 Å². The van der Waals surface area contributed by atoms with Crippen molar-refractivity contribution in [1.29, 1.82) is 0 Å². The molecule has 0 saturated heterocycles. The van der Waals surface area contributed by atoms with Crippen molar-refractivity contribution in [2.45, 2.75) is 65.1 Å². The summed E-state index contributed by atoms with van der Waals surface area (Å²) >= 11 is 0. The standard InChI is InChI=1S/C18H33N7O2/c1-6-15-23-22-13-24(15)11-9-20-16(19-5)21-10-12-25(14-7-8-14)17(26)27-18(2,3)4/h13-14H,6-12H2,1-5H3,(H2,19,20,21). The number of ether oxygens (including phenoxy) is 1. The van der Waals surface area contributed by atoms with Crippen LogP contribution in [-0.2, 0) is 17.7 Å². The minimum Gasteiger partial charge on any atom is -0.444 e. The van der Waals surface area contributed by atoms with Crippen LogP contribution in [0.1, 0.15) is 46.4 Å². The summed E-state index contributed by atoms with van der Waals surface area (Å²) in [5.74, 6) is 1.68. The number of carbonyl (C=O) groups is 1. The zero-order valence-corrected chi connectivity index (χ0v) is 17.2. The quantitative estimate of drug-likeness (QED) is 0.524. The lowest BCUT2D eigenvalue weighted by Gasteiger charge is -2.27. The van der Waals surface area contributed by atoms with Crippen LogP contribution in [0.5, 0.6) is 0 Å². The van der Waals surface area contributed by atoms with Crippen LogP contribution in [0.25, 0.3) is 0 Å². The molecule has 1 aliphatic carbocycles. The van der Waals surface area contributed by atoms with E-state index in [2.05, 4.69) is 32.7 Å². The molecule has 1 aliphatic rings. The van der Waals surface area contributed by atoms with Gasteiger partial charge in [0.25, 0.3) is 0 Å². The van der Waals surface area contributed by atoms with Crippen LogP contribution < -0.4 is 10.6 Å². The number of aromatic nitrogens is 3. The smallest absolute Gasteiger partial charge is 0.410 e. The molecule has 0 unspecified atom stereocenters. The van der Waals surface area contributed by atoms with Crippen molar-refractivity contribution in [2.24, 2.45) is 4.99 Å². The third-order valence-corrected chi connectivity index (χ3v) is 4.14. The average Bonchev–Trinajstić information content (AvgIpc) is 3.33. The molecule has 1 heterocycles. The fraction of sp³-hybridized carbons (Fsp3) is 0.778. The largest absolute Gasteiger partial charge is 0.444 e. The Morgan fingerprint density at radius 3 is 2.67 bits per heavy atom. The summed E-state index contributed by atoms with van der Waals surface area (Å²) in [5, 5.41) is 14.5. The van der Waals surface area contributed by atoms with Crippen molar-refractivity contribution in [3.05, 3.63) is 12.2 Å². The lowest BCUT2D eigenvalue weighted by Crippen LogP contribution is -2.45. The summed E-state index contributed by atoms with van der Waals surface area (Å²) in [6.45, 7) is 10.4. The molecule has 2 N–H and O–H groups in total. The fourth-order valence-electron chi connectivity index (χ4n) is 2.68. The lowest BCUT2D eigenvalue weighted by atomic mass is 10.2. The van der Waals surface area contributed by atoms with Gasteiger partial charge in [0.15, 0.2) is 5.96 Å². The van der Waals surface area contributed by atoms with Crippen molar-refractivity contribution < 1.29 is 9.53 Å². The highest BCUT2D eigenvalue weighted by Gasteiger charge is 2.34. The topological polar surface area (TPSA) is 96.7 Å². The third kappa shape index (κ3) is 7.07. The second-order valence-corrected chi connectivity index (χ2v) is 7.62. The zero-order chi connectivity index (χ0) is 19.9. The minimum atomic E-state index is -0.477. The molecular weight excluding hydrogens is 346 g/mol. The van der Waals surface area contributed by atoms with Crippen LogP contribution in [0.4, 0.5) is 4.79 Å². The van der Waals surface area contributed by atoms with Gasteiger partial charge in [0.2, 0.25) is 0 Å². The molecule has 0 spiro atoms. The molecule has 1 amide bonds. The van der Waals surface area contributed by atoms with Gasteiger partial charge in [-0.15, -0.1) is 10.2 Å². The summed E-state index contributed by atoms with van der Waals surface area (Å²) in [7, 11) is 1.73. The fourth-order valence-corrected chi connectivity index (χ4v) is 2.68. The van der Waals surface area contributed by atoms with Crippen molar-refractivity contribution in [3.63, 3.8) is 0 Å². The number of amides is 1. The first-order chi connectivity index (χ1) is 12.8. The molecule has 2 rings (SSSR count). The second kappa shape index (κ2) is 9.57. The number of rotatable bonds is 8. The Labute approximate surface area is 161 Å². The van der Waals surface area contributed by atoms with Gasteiger partial charge >= 0.3 is 6.09 Å². The van der Waals surface area contributed by atoms with E-state index in [0.717, 1.165) is 31.6 Å². The van der Waals surface area contributed by atoms with E-state index in [9.17, 15) is 4.79 Å². The number of nitrogens with one attached hydrogen (secondary N) is 2. The van der Waals surface area contributed by atoms with Gasteiger partial charge in [-0.25, -0.2) is 4.79 Å². The lowest BCUT2D eigenvalue weighted by molar-refractivity contribution is 0.0238. The van der Waals surface area contributed by atoms with E-state index in [1.165, 1.54) is 0 Å². The zero-order valence-electron chi connectivity index (χ0n) is 17.2. The van der Waals surface area contributed by atoms with Crippen molar-refractivity contribution >= 4 is 12.1 Å². The SMILES string of the molecule is CCc1nncn1CCNC(=NC)NCCN(C(=O)OC(C)(C)C)C1CC1. The number of aryl methyl sites for hydroxylation is 1. The molecular formula is C18H33N7O2. The minimum absolute atomic E-state index is 0.241. The van der Waals surface area contributed by atoms with E-state index in [1.54, 1.807) is 13.4 Å². The molecule has 0 radical (unpaired) electrons. The van der Waals surface area contributed by atoms with Crippen molar-refractivity contribution in [3.8, 4) is 0 Å². The van der Waals surface area contributed by atoms with E-state index in [0.29, 0.717) is 31.6 Å². The van der Waals surface area contributed by atoms with Crippen molar-refractivity contribution in [1.82, 2.24) is 30.3 Å². The van der Waals surface area contributed by atoms with Gasteiger partial charge in [-0.05, 0) is 33.6 Å². The van der Waals surface area contributed by atoms with Crippen LogP contribution in [0, 0.1) is 0 Å². The highest BCUT2D eigenvalue weighted by Crippen LogP contribution is 2.27. The number of hydrogen-bond acceptors (Lipinski definition) is 5. The molecule has 1 saturated carbocycles. The molecule has 1 aromatic heterocycles. The van der Waals surface area contributed by atoms with Gasteiger partial charge in [0.05, 0.1) is 0 Å². The van der Waals surface area contributed by atoms with E-state index in [1.807, 2.05) is 30.2 Å². The van der Waals surface area contributed by atoms with E-state index < -0.39 is 5.60 Å². The highest BCUT2D eigenvalue weighted by molar-refractivity contribution is 5.79. The number of guanidine groups is 1. The monoisotopic (exact) mass is 379 g/mol. The Hall–Kier alpha value is -2.32. The summed E-state index contributed by atoms with van der Waals surface area (Å²) in [6.07, 6.45) is 4.45. The molecule has 1 fully saturated rings. The molecule has 27 heavy (non-hydrogen) atoms. The number of carbonyl (C=O) groups excluding carboxylic acids is 1. The molecule has 0 aromatic carbocycles. The van der Waals surface area contributed by atoms with Crippen LogP contribution in [0.2, 0.25) is 0 Å². The Balaban J connectivity index is 1.73. The Bertz CT molecular complexity index is 632. The first-order valence-electron chi connectivity index (χ1n) is 9.65. The number of hydrogen-bond donors (Lipinski definition) is 2. The first kappa shape index (κ1) is 21.0. The molecule has 1 aromatic rings. The van der Waals surface area contributed by atoms with Crippen LogP contribution in [0.3, 0.4) is 0 Å². The maximum absolute atomic E-state index is 12.4. The Morgan fingerprint density at radius 2 is 2.07 bits per heavy atom. The molecule has 0 aliphatic heterocycles. The van der Waals surface area contributed by atoms with Gasteiger partial charge in [0, 0.05) is 45.7 Å². The van der Waals surface area contributed by atoms with E-state index in [4.69, 9.17) is 4.74 Å². The van der Waals surface area contributed by atoms with Crippen LogP contribution >= 0.6 is 0 Å². The first-order valence-corrected chi connectivity index (χ1v) is 9.65. The number of nitrogens with zero attached hydrogens (tertiary/aromatic N) is 5. The van der Waals surface area contributed by atoms with E-state index in [-0.39, 0.29) is 6.09 Å². The van der Waals surface area contributed by atoms with Gasteiger partial charge in [-0.3, -0.25) is 4.99 Å². The van der Waals surface area contributed by atoms with Crippen LogP contribution in [-0.4, -0.2) is 70.0 Å². The predicted molar refractivity (Wildman–Crippen MR) is 105 cm³/mol. The Morgan fingerprint density at radius 1 is 1.37 bits per heavy atom. The molecule has 0 atom stereocenters. The van der Waals surface area contributed by atoms with Gasteiger partial charge in [-0.2, -0.15) is 0 Å². The highest BCUT2D eigenvalue weighted by atomic mass is 16.6. The van der Waals surface area contributed by atoms with Gasteiger partial charge < -0.3 is 24.8 Å². The molecule has 9 heteroatoms. The summed E-state index contributed by atoms with van der Waals surface area (Å²) in [4.78, 5) is 18.4.